The summed E-state index contributed by atoms with van der Waals surface area (Å²) in [5.74, 6) is 0.932. The first-order valence-corrected chi connectivity index (χ1v) is 9.28. The van der Waals surface area contributed by atoms with Crippen LogP contribution in [0.1, 0.15) is 26.3 Å². The molecule has 0 unspecified atom stereocenters. The first-order valence-electron chi connectivity index (χ1n) is 8.90. The highest BCUT2D eigenvalue weighted by Crippen LogP contribution is 2.22. The highest BCUT2D eigenvalue weighted by molar-refractivity contribution is 6.30. The number of piperazine rings is 1. The Hall–Kier alpha value is -1.71. The molecule has 0 spiro atoms. The van der Waals surface area contributed by atoms with Crippen molar-refractivity contribution in [2.24, 2.45) is 0 Å². The molecule has 0 N–H and O–H groups in total. The number of ether oxygens (including phenoxy) is 1. The first kappa shape index (κ1) is 18.1. The maximum Gasteiger partial charge on any atom is 0.120 e. The maximum atomic E-state index is 6.11. The van der Waals surface area contributed by atoms with E-state index in [1.807, 2.05) is 18.2 Å². The van der Waals surface area contributed by atoms with Crippen LogP contribution in [0, 0.1) is 0 Å². The summed E-state index contributed by atoms with van der Waals surface area (Å²) in [5.41, 5.74) is 2.39. The molecule has 3 rings (SSSR count). The molecule has 2 aromatic rings. The van der Waals surface area contributed by atoms with Gasteiger partial charge in [0, 0.05) is 43.4 Å². The Morgan fingerprint density at radius 3 is 2.24 bits per heavy atom. The molecule has 0 saturated carbocycles. The van der Waals surface area contributed by atoms with Crippen molar-refractivity contribution in [1.29, 1.82) is 0 Å². The quantitative estimate of drug-likeness (QED) is 0.777. The standard InChI is InChI=1S/C21H27ClN2O/c1-21(2,3)25-20-9-7-17(8-10-20)16-23-11-13-24(14-12-23)19-6-4-5-18(22)15-19/h4-10,15H,11-14,16H2,1-3H3. The molecule has 1 heterocycles. The molecule has 3 nitrogen and oxygen atoms in total. The summed E-state index contributed by atoms with van der Waals surface area (Å²) in [4.78, 5) is 4.91. The van der Waals surface area contributed by atoms with Crippen LogP contribution in [0.2, 0.25) is 5.02 Å². The van der Waals surface area contributed by atoms with E-state index in [0.717, 1.165) is 43.5 Å². The molecular weight excluding hydrogens is 332 g/mol. The van der Waals surface area contributed by atoms with E-state index in [-0.39, 0.29) is 5.60 Å². The Balaban J connectivity index is 1.52. The van der Waals surface area contributed by atoms with Crippen LogP contribution < -0.4 is 9.64 Å². The number of hydrogen-bond donors (Lipinski definition) is 0. The summed E-state index contributed by atoms with van der Waals surface area (Å²) in [6.07, 6.45) is 0. The number of anilines is 1. The van der Waals surface area contributed by atoms with Gasteiger partial charge in [-0.2, -0.15) is 0 Å². The zero-order chi connectivity index (χ0) is 17.9. The van der Waals surface area contributed by atoms with E-state index in [0.29, 0.717) is 0 Å². The number of hydrogen-bond acceptors (Lipinski definition) is 3. The molecule has 0 radical (unpaired) electrons. The molecule has 1 fully saturated rings. The molecule has 4 heteroatoms. The minimum absolute atomic E-state index is 0.155. The van der Waals surface area contributed by atoms with E-state index in [2.05, 4.69) is 60.9 Å². The zero-order valence-corrected chi connectivity index (χ0v) is 16.1. The fraction of sp³-hybridized carbons (Fsp3) is 0.429. The van der Waals surface area contributed by atoms with Crippen LogP contribution in [0.4, 0.5) is 5.69 Å². The van der Waals surface area contributed by atoms with Gasteiger partial charge in [-0.15, -0.1) is 0 Å². The Labute approximate surface area is 156 Å². The van der Waals surface area contributed by atoms with E-state index in [1.54, 1.807) is 0 Å². The Morgan fingerprint density at radius 2 is 1.64 bits per heavy atom. The number of benzene rings is 2. The fourth-order valence-corrected chi connectivity index (χ4v) is 3.30. The average Bonchev–Trinajstić information content (AvgIpc) is 2.56. The molecule has 134 valence electrons. The van der Waals surface area contributed by atoms with Crippen molar-refractivity contribution in [3.8, 4) is 5.75 Å². The second-order valence-corrected chi connectivity index (χ2v) is 8.04. The van der Waals surface area contributed by atoms with Crippen molar-refractivity contribution >= 4 is 17.3 Å². The molecule has 25 heavy (non-hydrogen) atoms. The Bertz CT molecular complexity index is 686. The molecule has 0 amide bonds. The van der Waals surface area contributed by atoms with Crippen molar-refractivity contribution in [2.75, 3.05) is 31.1 Å². The molecule has 0 aliphatic carbocycles. The van der Waals surface area contributed by atoms with E-state index in [4.69, 9.17) is 16.3 Å². The van der Waals surface area contributed by atoms with Gasteiger partial charge in [-0.25, -0.2) is 0 Å². The number of nitrogens with zero attached hydrogens (tertiary/aromatic N) is 2. The van der Waals surface area contributed by atoms with Gasteiger partial charge < -0.3 is 9.64 Å². The third-order valence-electron chi connectivity index (χ3n) is 4.30. The van der Waals surface area contributed by atoms with E-state index in [1.165, 1.54) is 11.3 Å². The van der Waals surface area contributed by atoms with Crippen molar-refractivity contribution in [1.82, 2.24) is 4.90 Å². The number of rotatable bonds is 4. The SMILES string of the molecule is CC(C)(C)Oc1ccc(CN2CCN(c3cccc(Cl)c3)CC2)cc1. The molecule has 0 aromatic heterocycles. The summed E-state index contributed by atoms with van der Waals surface area (Å²) < 4.78 is 5.89. The van der Waals surface area contributed by atoms with Gasteiger partial charge in [0.15, 0.2) is 0 Å². The summed E-state index contributed by atoms with van der Waals surface area (Å²) in [5, 5.41) is 0.803. The van der Waals surface area contributed by atoms with Crippen LogP contribution in [0.25, 0.3) is 0 Å². The normalized spacial score (nSPS) is 16.1. The molecule has 1 aliphatic heterocycles. The minimum Gasteiger partial charge on any atom is -0.488 e. The van der Waals surface area contributed by atoms with Crippen molar-refractivity contribution in [2.45, 2.75) is 32.9 Å². The van der Waals surface area contributed by atoms with Gasteiger partial charge in [0.25, 0.3) is 0 Å². The molecule has 0 bridgehead atoms. The summed E-state index contributed by atoms with van der Waals surface area (Å²) in [6, 6.07) is 16.6. The van der Waals surface area contributed by atoms with Gasteiger partial charge in [0.05, 0.1) is 0 Å². The second-order valence-electron chi connectivity index (χ2n) is 7.60. The Kier molecular flexibility index (Phi) is 5.55. The smallest absolute Gasteiger partial charge is 0.120 e. The lowest BCUT2D eigenvalue weighted by Crippen LogP contribution is -2.45. The van der Waals surface area contributed by atoms with E-state index in [9.17, 15) is 0 Å². The maximum absolute atomic E-state index is 6.11. The third-order valence-corrected chi connectivity index (χ3v) is 4.53. The average molecular weight is 359 g/mol. The molecule has 1 aliphatic rings. The molecule has 2 aromatic carbocycles. The molecule has 1 saturated heterocycles. The largest absolute Gasteiger partial charge is 0.488 e. The first-order chi connectivity index (χ1) is 11.9. The fourth-order valence-electron chi connectivity index (χ4n) is 3.11. The van der Waals surface area contributed by atoms with Crippen LogP contribution in [0.15, 0.2) is 48.5 Å². The van der Waals surface area contributed by atoms with Crippen molar-refractivity contribution in [3.05, 3.63) is 59.1 Å². The summed E-state index contributed by atoms with van der Waals surface area (Å²) in [7, 11) is 0. The monoisotopic (exact) mass is 358 g/mol. The van der Waals surface area contributed by atoms with E-state index >= 15 is 0 Å². The van der Waals surface area contributed by atoms with Crippen LogP contribution in [0.5, 0.6) is 5.75 Å². The van der Waals surface area contributed by atoms with Gasteiger partial charge in [-0.1, -0.05) is 29.8 Å². The zero-order valence-electron chi connectivity index (χ0n) is 15.3. The van der Waals surface area contributed by atoms with Crippen LogP contribution >= 0.6 is 11.6 Å². The number of halogens is 1. The van der Waals surface area contributed by atoms with Gasteiger partial charge in [-0.3, -0.25) is 4.90 Å². The van der Waals surface area contributed by atoms with Gasteiger partial charge in [-0.05, 0) is 56.7 Å². The van der Waals surface area contributed by atoms with Crippen LogP contribution in [-0.4, -0.2) is 36.7 Å². The highest BCUT2D eigenvalue weighted by Gasteiger charge is 2.18. The predicted octanol–water partition coefficient (Wildman–Crippen LogP) is 4.84. The highest BCUT2D eigenvalue weighted by atomic mass is 35.5. The lowest BCUT2D eigenvalue weighted by molar-refractivity contribution is 0.131. The minimum atomic E-state index is -0.155. The lowest BCUT2D eigenvalue weighted by atomic mass is 10.1. The molecule has 0 atom stereocenters. The lowest BCUT2D eigenvalue weighted by Gasteiger charge is -2.36. The second kappa shape index (κ2) is 7.67. The van der Waals surface area contributed by atoms with Crippen LogP contribution in [0.3, 0.4) is 0 Å². The van der Waals surface area contributed by atoms with Crippen LogP contribution in [-0.2, 0) is 6.54 Å². The Morgan fingerprint density at radius 1 is 0.960 bits per heavy atom. The summed E-state index contributed by atoms with van der Waals surface area (Å²) in [6.45, 7) is 11.4. The van der Waals surface area contributed by atoms with E-state index < -0.39 is 0 Å². The van der Waals surface area contributed by atoms with Gasteiger partial charge in [0.1, 0.15) is 11.4 Å². The topological polar surface area (TPSA) is 15.7 Å². The third kappa shape index (κ3) is 5.38. The molecular formula is C21H27ClN2O. The predicted molar refractivity (Wildman–Crippen MR) is 106 cm³/mol. The van der Waals surface area contributed by atoms with Crippen molar-refractivity contribution < 1.29 is 4.74 Å². The van der Waals surface area contributed by atoms with Crippen molar-refractivity contribution in [3.63, 3.8) is 0 Å². The van der Waals surface area contributed by atoms with Gasteiger partial charge >= 0.3 is 0 Å². The van der Waals surface area contributed by atoms with Gasteiger partial charge in [0.2, 0.25) is 0 Å². The summed E-state index contributed by atoms with van der Waals surface area (Å²) >= 11 is 6.11.